The fourth-order valence-electron chi connectivity index (χ4n) is 2.13. The number of likely N-dealkylation sites (tertiary alicyclic amines) is 1. The van der Waals surface area contributed by atoms with Crippen molar-refractivity contribution in [3.8, 4) is 0 Å². The van der Waals surface area contributed by atoms with E-state index in [1.54, 1.807) is 17.8 Å². The van der Waals surface area contributed by atoms with E-state index < -0.39 is 11.5 Å². The van der Waals surface area contributed by atoms with Crippen LogP contribution in [-0.4, -0.2) is 39.0 Å². The van der Waals surface area contributed by atoms with E-state index in [1.807, 2.05) is 0 Å². The number of nitrogens with zero attached hydrogens (tertiary/aromatic N) is 2. The zero-order chi connectivity index (χ0) is 12.5. The molecule has 0 bridgehead atoms. The van der Waals surface area contributed by atoms with Gasteiger partial charge in [0, 0.05) is 11.9 Å². The third-order valence-electron chi connectivity index (χ3n) is 3.25. The first kappa shape index (κ1) is 12.0. The summed E-state index contributed by atoms with van der Waals surface area (Å²) in [6.07, 6.45) is 2.18. The number of rotatable bonds is 2. The number of carbonyl (C=O) groups excluding carboxylic acids is 1. The van der Waals surface area contributed by atoms with Crippen molar-refractivity contribution >= 4 is 23.2 Å². The molecule has 1 aliphatic heterocycles. The summed E-state index contributed by atoms with van der Waals surface area (Å²) in [5.41, 5.74) is 0.818. The van der Waals surface area contributed by atoms with Crippen molar-refractivity contribution in [1.82, 2.24) is 9.88 Å². The highest BCUT2D eigenvalue weighted by Crippen LogP contribution is 2.29. The summed E-state index contributed by atoms with van der Waals surface area (Å²) in [5, 5.41) is 11.0. The van der Waals surface area contributed by atoms with Gasteiger partial charge in [0.1, 0.15) is 11.2 Å². The molecule has 1 atom stereocenters. The van der Waals surface area contributed by atoms with Crippen molar-refractivity contribution in [2.24, 2.45) is 0 Å². The molecule has 1 aromatic rings. The maximum absolute atomic E-state index is 12.2. The molecule has 2 heterocycles. The number of amides is 1. The molecule has 1 saturated heterocycles. The molecule has 92 valence electrons. The molecule has 0 radical (unpaired) electrons. The highest BCUT2D eigenvalue weighted by molar-refractivity contribution is 7.07. The Kier molecular flexibility index (Phi) is 3.15. The van der Waals surface area contributed by atoms with Gasteiger partial charge in [-0.1, -0.05) is 0 Å². The second-order valence-corrected chi connectivity index (χ2v) is 5.09. The number of piperidine rings is 1. The van der Waals surface area contributed by atoms with Gasteiger partial charge in [-0.3, -0.25) is 4.79 Å². The van der Waals surface area contributed by atoms with E-state index in [2.05, 4.69) is 4.98 Å². The maximum atomic E-state index is 12.2. The summed E-state index contributed by atoms with van der Waals surface area (Å²) in [6.45, 7) is 2.10. The lowest BCUT2D eigenvalue weighted by atomic mass is 9.88. The van der Waals surface area contributed by atoms with Crippen LogP contribution < -0.4 is 0 Å². The van der Waals surface area contributed by atoms with E-state index in [0.717, 1.165) is 12.8 Å². The van der Waals surface area contributed by atoms with Crippen LogP contribution in [0.15, 0.2) is 10.9 Å². The minimum absolute atomic E-state index is 0.282. The summed E-state index contributed by atoms with van der Waals surface area (Å²) in [4.78, 5) is 28.9. The largest absolute Gasteiger partial charge is 0.480 e. The van der Waals surface area contributed by atoms with E-state index in [0.29, 0.717) is 18.7 Å². The first-order valence-electron chi connectivity index (χ1n) is 5.49. The van der Waals surface area contributed by atoms with Gasteiger partial charge in [-0.2, -0.15) is 0 Å². The predicted octanol–water partition coefficient (Wildman–Crippen LogP) is 1.61. The standard InChI is InChI=1S/C11H14N2O3S/c1-11(10(15)16)4-2-3-5-13(11)9(14)8-6-17-7-12-8/h6-7H,2-5H2,1H3,(H,15,16). The number of aromatic nitrogens is 1. The molecule has 1 N–H and O–H groups in total. The van der Waals surface area contributed by atoms with E-state index in [9.17, 15) is 14.7 Å². The second kappa shape index (κ2) is 4.44. The molecule has 6 heteroatoms. The highest BCUT2D eigenvalue weighted by Gasteiger charge is 2.44. The summed E-state index contributed by atoms with van der Waals surface area (Å²) < 4.78 is 0. The maximum Gasteiger partial charge on any atom is 0.329 e. The number of hydrogen-bond acceptors (Lipinski definition) is 4. The first-order valence-corrected chi connectivity index (χ1v) is 6.43. The van der Waals surface area contributed by atoms with Gasteiger partial charge in [-0.15, -0.1) is 11.3 Å². The molecule has 0 aliphatic carbocycles. The Hall–Kier alpha value is -1.43. The zero-order valence-electron chi connectivity index (χ0n) is 9.55. The SMILES string of the molecule is CC1(C(=O)O)CCCCN1C(=O)c1cscn1. The summed E-state index contributed by atoms with van der Waals surface area (Å²) >= 11 is 1.33. The van der Waals surface area contributed by atoms with Crippen LogP contribution in [0.5, 0.6) is 0 Å². The van der Waals surface area contributed by atoms with E-state index in [1.165, 1.54) is 16.2 Å². The lowest BCUT2D eigenvalue weighted by Gasteiger charge is -2.41. The number of carboxylic acids is 1. The van der Waals surface area contributed by atoms with Gasteiger partial charge in [0.15, 0.2) is 0 Å². The average molecular weight is 254 g/mol. The first-order chi connectivity index (χ1) is 8.05. The number of thiazole rings is 1. The van der Waals surface area contributed by atoms with E-state index in [-0.39, 0.29) is 5.91 Å². The molecule has 1 fully saturated rings. The minimum Gasteiger partial charge on any atom is -0.480 e. The van der Waals surface area contributed by atoms with Gasteiger partial charge >= 0.3 is 5.97 Å². The Bertz CT molecular complexity index is 432. The second-order valence-electron chi connectivity index (χ2n) is 4.37. The molecular formula is C11H14N2O3S. The minimum atomic E-state index is -1.10. The Morgan fingerprint density at radius 2 is 2.29 bits per heavy atom. The Balaban J connectivity index is 2.29. The van der Waals surface area contributed by atoms with Crippen LogP contribution in [0.25, 0.3) is 0 Å². The molecule has 5 nitrogen and oxygen atoms in total. The van der Waals surface area contributed by atoms with Crippen molar-refractivity contribution in [2.75, 3.05) is 6.54 Å². The molecule has 1 aromatic heterocycles. The molecule has 0 spiro atoms. The van der Waals surface area contributed by atoms with Crippen LogP contribution in [0, 0.1) is 0 Å². The normalized spacial score (nSPS) is 24.6. The summed E-state index contributed by atoms with van der Waals surface area (Å²) in [7, 11) is 0. The molecule has 1 unspecified atom stereocenters. The van der Waals surface area contributed by atoms with Crippen molar-refractivity contribution in [3.63, 3.8) is 0 Å². The number of aliphatic carboxylic acids is 1. The van der Waals surface area contributed by atoms with Gasteiger partial charge in [0.25, 0.3) is 5.91 Å². The molecule has 2 rings (SSSR count). The van der Waals surface area contributed by atoms with Crippen LogP contribution in [0.1, 0.15) is 36.7 Å². The topological polar surface area (TPSA) is 70.5 Å². The fourth-order valence-corrected chi connectivity index (χ4v) is 2.65. The molecule has 0 aromatic carbocycles. The predicted molar refractivity (Wildman–Crippen MR) is 63.0 cm³/mol. The molecular weight excluding hydrogens is 240 g/mol. The van der Waals surface area contributed by atoms with Crippen LogP contribution in [0.3, 0.4) is 0 Å². The van der Waals surface area contributed by atoms with Gasteiger partial charge in [0.2, 0.25) is 0 Å². The van der Waals surface area contributed by atoms with E-state index in [4.69, 9.17) is 0 Å². The lowest BCUT2D eigenvalue weighted by molar-refractivity contribution is -0.150. The summed E-state index contributed by atoms with van der Waals surface area (Å²) in [5.74, 6) is -1.23. The van der Waals surface area contributed by atoms with Gasteiger partial charge < -0.3 is 10.0 Å². The Labute approximate surface area is 103 Å². The number of hydrogen-bond donors (Lipinski definition) is 1. The van der Waals surface area contributed by atoms with E-state index >= 15 is 0 Å². The molecule has 17 heavy (non-hydrogen) atoms. The van der Waals surface area contributed by atoms with Crippen LogP contribution in [-0.2, 0) is 4.79 Å². The van der Waals surface area contributed by atoms with Crippen molar-refractivity contribution in [3.05, 3.63) is 16.6 Å². The van der Waals surface area contributed by atoms with Gasteiger partial charge in [-0.05, 0) is 26.2 Å². The molecule has 1 aliphatic rings. The smallest absolute Gasteiger partial charge is 0.329 e. The van der Waals surface area contributed by atoms with Gasteiger partial charge in [0.05, 0.1) is 5.51 Å². The third-order valence-corrected chi connectivity index (χ3v) is 3.83. The van der Waals surface area contributed by atoms with Crippen molar-refractivity contribution in [2.45, 2.75) is 31.7 Å². The van der Waals surface area contributed by atoms with Gasteiger partial charge in [-0.25, -0.2) is 9.78 Å². The number of carbonyl (C=O) groups is 2. The lowest BCUT2D eigenvalue weighted by Crippen LogP contribution is -2.57. The highest BCUT2D eigenvalue weighted by atomic mass is 32.1. The van der Waals surface area contributed by atoms with Crippen LogP contribution in [0.2, 0.25) is 0 Å². The quantitative estimate of drug-likeness (QED) is 0.870. The summed E-state index contributed by atoms with van der Waals surface area (Å²) in [6, 6.07) is 0. The third kappa shape index (κ3) is 2.04. The molecule has 0 saturated carbocycles. The Morgan fingerprint density at radius 3 is 2.88 bits per heavy atom. The fraction of sp³-hybridized carbons (Fsp3) is 0.545. The van der Waals surface area contributed by atoms with Crippen molar-refractivity contribution < 1.29 is 14.7 Å². The average Bonchev–Trinajstić information content (AvgIpc) is 2.82. The zero-order valence-corrected chi connectivity index (χ0v) is 10.4. The molecule has 1 amide bonds. The van der Waals surface area contributed by atoms with Crippen molar-refractivity contribution in [1.29, 1.82) is 0 Å². The Morgan fingerprint density at radius 1 is 1.53 bits per heavy atom. The monoisotopic (exact) mass is 254 g/mol. The van der Waals surface area contributed by atoms with Crippen LogP contribution in [0.4, 0.5) is 0 Å². The van der Waals surface area contributed by atoms with Crippen LogP contribution >= 0.6 is 11.3 Å². The number of carboxylic acid groups (broad SMARTS) is 1.